The summed E-state index contributed by atoms with van der Waals surface area (Å²) in [4.78, 5) is 4.68. The van der Waals surface area contributed by atoms with E-state index in [0.29, 0.717) is 12.5 Å². The monoisotopic (exact) mass is 498 g/mol. The van der Waals surface area contributed by atoms with Gasteiger partial charge in [0, 0.05) is 26.1 Å². The number of hydrogen-bond acceptors (Lipinski definition) is 4. The third-order valence-corrected chi connectivity index (χ3v) is 4.96. The van der Waals surface area contributed by atoms with E-state index in [4.69, 9.17) is 4.74 Å². The Morgan fingerprint density at radius 1 is 1.25 bits per heavy atom. The van der Waals surface area contributed by atoms with Gasteiger partial charge in [-0.05, 0) is 43.4 Å². The molecule has 1 unspecified atom stereocenters. The molecular weight excluding hydrogens is 467 g/mol. The van der Waals surface area contributed by atoms with E-state index in [1.807, 2.05) is 12.1 Å². The lowest BCUT2D eigenvalue weighted by atomic mass is 9.98. The second kappa shape index (κ2) is 11.2. The number of halogens is 1. The molecule has 2 N–H and O–H groups in total. The highest BCUT2D eigenvalue weighted by molar-refractivity contribution is 14.0. The van der Waals surface area contributed by atoms with Crippen molar-refractivity contribution in [3.63, 3.8) is 0 Å². The van der Waals surface area contributed by atoms with Crippen LogP contribution >= 0.6 is 24.0 Å². The topological polar surface area (TPSA) is 76.4 Å². The van der Waals surface area contributed by atoms with Crippen molar-refractivity contribution in [2.24, 2.45) is 4.99 Å². The number of ether oxygens (including phenoxy) is 1. The number of fused-ring (bicyclic) bond motifs is 1. The maximum absolute atomic E-state index is 5.23. The van der Waals surface area contributed by atoms with E-state index in [1.54, 1.807) is 7.11 Å². The van der Waals surface area contributed by atoms with Crippen LogP contribution in [0.5, 0.6) is 5.75 Å². The van der Waals surface area contributed by atoms with Gasteiger partial charge in [0.05, 0.1) is 7.11 Å². The predicted octanol–water partition coefficient (Wildman–Crippen LogP) is 3.10. The number of aryl methyl sites for hydroxylation is 1. The predicted molar refractivity (Wildman–Crippen MR) is 123 cm³/mol. The summed E-state index contributed by atoms with van der Waals surface area (Å²) in [6.07, 6.45) is 3.21. The zero-order chi connectivity index (χ0) is 19.1. The molecule has 0 saturated heterocycles. The van der Waals surface area contributed by atoms with Crippen molar-refractivity contribution in [1.29, 1.82) is 0 Å². The second-order valence-electron chi connectivity index (χ2n) is 6.87. The molecule has 0 radical (unpaired) electrons. The zero-order valence-corrected chi connectivity index (χ0v) is 19.3. The van der Waals surface area contributed by atoms with Gasteiger partial charge in [0.15, 0.2) is 11.8 Å². The van der Waals surface area contributed by atoms with Crippen molar-refractivity contribution < 1.29 is 4.74 Å². The first-order chi connectivity index (χ1) is 13.2. The third kappa shape index (κ3) is 5.83. The summed E-state index contributed by atoms with van der Waals surface area (Å²) < 4.78 is 7.42. The number of guanidine groups is 1. The first-order valence-electron chi connectivity index (χ1n) is 9.78. The van der Waals surface area contributed by atoms with E-state index in [-0.39, 0.29) is 24.0 Å². The fraction of sp³-hybridized carbons (Fsp3) is 0.550. The molecule has 1 atom stereocenters. The Hall–Kier alpha value is -1.84. The van der Waals surface area contributed by atoms with E-state index in [9.17, 15) is 0 Å². The van der Waals surface area contributed by atoms with Gasteiger partial charge in [0.2, 0.25) is 0 Å². The molecule has 8 heteroatoms. The van der Waals surface area contributed by atoms with Gasteiger partial charge in [0.25, 0.3) is 0 Å². The number of methoxy groups -OCH3 is 1. The van der Waals surface area contributed by atoms with Crippen LogP contribution in [0, 0.1) is 0 Å². The SMILES string of the molecule is CCNC(=NCc1nnc2n1CCC2)NCCC(C)c1ccc(OC)cc1.I. The van der Waals surface area contributed by atoms with Crippen LogP contribution in [0.15, 0.2) is 29.3 Å². The summed E-state index contributed by atoms with van der Waals surface area (Å²) >= 11 is 0. The summed E-state index contributed by atoms with van der Waals surface area (Å²) in [5.41, 5.74) is 1.32. The first-order valence-corrected chi connectivity index (χ1v) is 9.78. The first kappa shape index (κ1) is 22.4. The molecule has 1 aliphatic heterocycles. The van der Waals surface area contributed by atoms with Crippen LogP contribution in [-0.4, -0.2) is 40.9 Å². The number of benzene rings is 1. The van der Waals surface area contributed by atoms with Gasteiger partial charge in [-0.1, -0.05) is 19.1 Å². The molecule has 1 aromatic heterocycles. The van der Waals surface area contributed by atoms with Gasteiger partial charge >= 0.3 is 0 Å². The van der Waals surface area contributed by atoms with Crippen LogP contribution < -0.4 is 15.4 Å². The molecule has 1 aliphatic rings. The quantitative estimate of drug-likeness (QED) is 0.333. The summed E-state index contributed by atoms with van der Waals surface area (Å²) in [5.74, 6) is 4.23. The van der Waals surface area contributed by atoms with Gasteiger partial charge < -0.3 is 19.9 Å². The Labute approximate surface area is 184 Å². The minimum Gasteiger partial charge on any atom is -0.497 e. The molecule has 0 spiro atoms. The molecule has 0 bridgehead atoms. The lowest BCUT2D eigenvalue weighted by molar-refractivity contribution is 0.414. The lowest BCUT2D eigenvalue weighted by Crippen LogP contribution is -2.38. The number of nitrogens with one attached hydrogen (secondary N) is 2. The average Bonchev–Trinajstić information content (AvgIpc) is 3.30. The standard InChI is InChI=1S/C20H30N6O.HI/c1-4-21-20(23-14-19-25-24-18-6-5-13-26(18)19)22-12-11-15(2)16-7-9-17(27-3)10-8-16;/h7-10,15H,4-6,11-14H2,1-3H3,(H2,21,22,23);1H. The Morgan fingerprint density at radius 2 is 2.04 bits per heavy atom. The van der Waals surface area contributed by atoms with Crippen molar-refractivity contribution >= 4 is 29.9 Å². The highest BCUT2D eigenvalue weighted by atomic mass is 127. The van der Waals surface area contributed by atoms with Gasteiger partial charge in [-0.25, -0.2) is 4.99 Å². The Kier molecular flexibility index (Phi) is 9.01. The molecule has 154 valence electrons. The summed E-state index contributed by atoms with van der Waals surface area (Å²) in [5, 5.41) is 15.3. The molecule has 0 aliphatic carbocycles. The van der Waals surface area contributed by atoms with E-state index < -0.39 is 0 Å². The molecule has 2 aromatic rings. The van der Waals surface area contributed by atoms with E-state index in [2.05, 4.69) is 56.4 Å². The van der Waals surface area contributed by atoms with Gasteiger partial charge in [-0.2, -0.15) is 0 Å². The largest absolute Gasteiger partial charge is 0.497 e. The maximum Gasteiger partial charge on any atom is 0.191 e. The zero-order valence-electron chi connectivity index (χ0n) is 16.9. The van der Waals surface area contributed by atoms with Crippen molar-refractivity contribution in [1.82, 2.24) is 25.4 Å². The summed E-state index contributed by atoms with van der Waals surface area (Å²) in [6.45, 7) is 7.57. The number of rotatable bonds is 8. The lowest BCUT2D eigenvalue weighted by Gasteiger charge is -2.15. The van der Waals surface area contributed by atoms with Gasteiger partial charge in [0.1, 0.15) is 18.1 Å². The number of aliphatic imine (C=N–C) groups is 1. The minimum atomic E-state index is 0. The van der Waals surface area contributed by atoms with Crippen LogP contribution in [0.4, 0.5) is 0 Å². The van der Waals surface area contributed by atoms with Crippen LogP contribution in [0.2, 0.25) is 0 Å². The number of aromatic nitrogens is 3. The van der Waals surface area contributed by atoms with E-state index in [0.717, 1.165) is 62.3 Å². The van der Waals surface area contributed by atoms with Crippen LogP contribution in [0.1, 0.15) is 49.8 Å². The van der Waals surface area contributed by atoms with E-state index in [1.165, 1.54) is 5.56 Å². The molecule has 28 heavy (non-hydrogen) atoms. The molecule has 1 aromatic carbocycles. The molecule has 0 fully saturated rings. The number of hydrogen-bond donors (Lipinski definition) is 2. The molecule has 0 saturated carbocycles. The summed E-state index contributed by atoms with van der Waals surface area (Å²) in [6, 6.07) is 8.30. The van der Waals surface area contributed by atoms with Gasteiger partial charge in [-0.3, -0.25) is 0 Å². The van der Waals surface area contributed by atoms with Gasteiger partial charge in [-0.15, -0.1) is 34.2 Å². The van der Waals surface area contributed by atoms with Crippen LogP contribution in [0.3, 0.4) is 0 Å². The normalized spacial score (nSPS) is 14.2. The molecule has 7 nitrogen and oxygen atoms in total. The Balaban J connectivity index is 0.00000280. The average molecular weight is 498 g/mol. The van der Waals surface area contributed by atoms with Crippen molar-refractivity contribution in [2.75, 3.05) is 20.2 Å². The Morgan fingerprint density at radius 3 is 2.75 bits per heavy atom. The Bertz CT molecular complexity index is 759. The fourth-order valence-corrected chi connectivity index (χ4v) is 3.33. The maximum atomic E-state index is 5.23. The third-order valence-electron chi connectivity index (χ3n) is 4.96. The van der Waals surface area contributed by atoms with Crippen molar-refractivity contribution in [3.8, 4) is 5.75 Å². The van der Waals surface area contributed by atoms with Crippen LogP contribution in [-0.2, 0) is 19.5 Å². The molecule has 2 heterocycles. The van der Waals surface area contributed by atoms with Crippen LogP contribution in [0.25, 0.3) is 0 Å². The van der Waals surface area contributed by atoms with Crippen molar-refractivity contribution in [2.45, 2.75) is 52.1 Å². The fourth-order valence-electron chi connectivity index (χ4n) is 3.33. The second-order valence-corrected chi connectivity index (χ2v) is 6.87. The van der Waals surface area contributed by atoms with E-state index >= 15 is 0 Å². The molecular formula is C20H31IN6O. The smallest absolute Gasteiger partial charge is 0.191 e. The summed E-state index contributed by atoms with van der Waals surface area (Å²) in [7, 11) is 1.69. The highest BCUT2D eigenvalue weighted by Gasteiger charge is 2.16. The molecule has 3 rings (SSSR count). The molecule has 0 amide bonds. The number of nitrogens with zero attached hydrogens (tertiary/aromatic N) is 4. The highest BCUT2D eigenvalue weighted by Crippen LogP contribution is 2.21. The minimum absolute atomic E-state index is 0. The van der Waals surface area contributed by atoms with Crippen molar-refractivity contribution in [3.05, 3.63) is 41.5 Å².